The molecule has 2 rings (SSSR count). The van der Waals surface area contributed by atoms with E-state index in [1.165, 1.54) is 6.07 Å². The summed E-state index contributed by atoms with van der Waals surface area (Å²) in [7, 11) is -3.54. The van der Waals surface area contributed by atoms with Gasteiger partial charge in [0.25, 0.3) is 0 Å². The Morgan fingerprint density at radius 3 is 2.35 bits per heavy atom. The summed E-state index contributed by atoms with van der Waals surface area (Å²) in [4.78, 5) is 0.264. The zero-order valence-corrected chi connectivity index (χ0v) is 13.6. The Kier molecular flexibility index (Phi) is 4.33. The number of nitrogens with two attached hydrogens (primary N) is 1. The Bertz CT molecular complexity index is 606. The van der Waals surface area contributed by atoms with Crippen LogP contribution in [0.5, 0.6) is 0 Å². The maximum absolute atomic E-state index is 12.9. The highest BCUT2D eigenvalue weighted by Crippen LogP contribution is 2.33. The van der Waals surface area contributed by atoms with E-state index < -0.39 is 10.0 Å². The number of sulfonamides is 1. The lowest BCUT2D eigenvalue weighted by molar-refractivity contribution is 0.204. The molecule has 2 N–H and O–H groups in total. The molecule has 6 heteroatoms. The number of hydrogen-bond acceptors (Lipinski definition) is 3. The molecular formula is C14H21ClN2O2S. The molecule has 4 nitrogen and oxygen atoms in total. The second kappa shape index (κ2) is 5.54. The van der Waals surface area contributed by atoms with Crippen LogP contribution in [0.3, 0.4) is 0 Å². The maximum atomic E-state index is 12.9. The van der Waals surface area contributed by atoms with Crippen LogP contribution in [0.1, 0.15) is 38.7 Å². The Hall–Kier alpha value is -0.780. The number of nitrogen functional groups attached to an aromatic ring is 1. The average molecular weight is 317 g/mol. The molecule has 0 aliphatic carbocycles. The van der Waals surface area contributed by atoms with E-state index in [1.54, 1.807) is 17.3 Å². The fourth-order valence-electron chi connectivity index (χ4n) is 2.93. The van der Waals surface area contributed by atoms with Gasteiger partial charge in [0, 0.05) is 12.1 Å². The van der Waals surface area contributed by atoms with Crippen LogP contribution in [0.25, 0.3) is 0 Å². The lowest BCUT2D eigenvalue weighted by Gasteiger charge is -2.38. The van der Waals surface area contributed by atoms with Crippen LogP contribution < -0.4 is 5.73 Å². The van der Waals surface area contributed by atoms with Crippen LogP contribution in [0.2, 0.25) is 5.02 Å². The average Bonchev–Trinajstić information content (AvgIpc) is 2.33. The molecule has 1 aromatic carbocycles. The van der Waals surface area contributed by atoms with Crippen molar-refractivity contribution >= 4 is 27.3 Å². The minimum atomic E-state index is -3.54. The van der Waals surface area contributed by atoms with Crippen molar-refractivity contribution in [3.05, 3.63) is 22.7 Å². The molecule has 2 unspecified atom stereocenters. The van der Waals surface area contributed by atoms with Crippen LogP contribution in [-0.2, 0) is 10.0 Å². The van der Waals surface area contributed by atoms with E-state index in [0.717, 1.165) is 19.3 Å². The zero-order valence-electron chi connectivity index (χ0n) is 12.1. The van der Waals surface area contributed by atoms with E-state index >= 15 is 0 Å². The minimum Gasteiger partial charge on any atom is -0.397 e. The molecule has 1 aliphatic heterocycles. The van der Waals surface area contributed by atoms with Gasteiger partial charge in [0.2, 0.25) is 10.0 Å². The Morgan fingerprint density at radius 1 is 1.25 bits per heavy atom. The summed E-state index contributed by atoms with van der Waals surface area (Å²) in [6, 6.07) is 3.12. The molecule has 0 bridgehead atoms. The number of benzene rings is 1. The molecule has 1 heterocycles. The molecule has 0 radical (unpaired) electrons. The van der Waals surface area contributed by atoms with Gasteiger partial charge in [-0.3, -0.25) is 0 Å². The first-order valence-electron chi connectivity index (χ1n) is 6.84. The van der Waals surface area contributed by atoms with Gasteiger partial charge in [0.1, 0.15) is 0 Å². The van der Waals surface area contributed by atoms with Crippen LogP contribution in [-0.4, -0.2) is 24.8 Å². The van der Waals surface area contributed by atoms with Crippen molar-refractivity contribution in [2.24, 2.45) is 0 Å². The van der Waals surface area contributed by atoms with Gasteiger partial charge in [-0.1, -0.05) is 18.0 Å². The first-order chi connectivity index (χ1) is 9.25. The van der Waals surface area contributed by atoms with E-state index in [-0.39, 0.29) is 17.0 Å². The third-order valence-corrected chi connectivity index (χ3v) is 6.56. The van der Waals surface area contributed by atoms with E-state index in [2.05, 4.69) is 0 Å². The molecule has 1 saturated heterocycles. The summed E-state index contributed by atoms with van der Waals surface area (Å²) in [5, 5.41) is 0.390. The van der Waals surface area contributed by atoms with Crippen molar-refractivity contribution < 1.29 is 8.42 Å². The fraction of sp³-hybridized carbons (Fsp3) is 0.571. The number of hydrogen-bond donors (Lipinski definition) is 1. The molecule has 1 aromatic rings. The monoisotopic (exact) mass is 316 g/mol. The standard InChI is InChI=1S/C14H21ClN2O2S/c1-9-7-12(15)13(16)8-14(9)20(18,19)17-10(2)5-4-6-11(17)3/h7-8,10-11H,4-6,16H2,1-3H3. The number of anilines is 1. The van der Waals surface area contributed by atoms with E-state index in [0.29, 0.717) is 16.3 Å². The Balaban J connectivity index is 2.52. The predicted molar refractivity (Wildman–Crippen MR) is 82.4 cm³/mol. The van der Waals surface area contributed by atoms with Gasteiger partial charge in [0.15, 0.2) is 0 Å². The molecular weight excluding hydrogens is 296 g/mol. The van der Waals surface area contributed by atoms with Gasteiger partial charge in [-0.05, 0) is 51.3 Å². The SMILES string of the molecule is Cc1cc(Cl)c(N)cc1S(=O)(=O)N1C(C)CCCC1C. The van der Waals surface area contributed by atoms with E-state index in [9.17, 15) is 8.42 Å². The number of aryl methyl sites for hydroxylation is 1. The first kappa shape index (κ1) is 15.6. The van der Waals surface area contributed by atoms with Gasteiger partial charge in [0.05, 0.1) is 15.6 Å². The molecule has 20 heavy (non-hydrogen) atoms. The molecule has 0 spiro atoms. The maximum Gasteiger partial charge on any atom is 0.243 e. The van der Waals surface area contributed by atoms with Gasteiger partial charge >= 0.3 is 0 Å². The number of rotatable bonds is 2. The predicted octanol–water partition coefficient (Wildman–Crippen LogP) is 3.18. The Labute approximate surface area is 126 Å². The van der Waals surface area contributed by atoms with E-state index in [1.807, 2.05) is 13.8 Å². The van der Waals surface area contributed by atoms with Crippen LogP contribution >= 0.6 is 11.6 Å². The Morgan fingerprint density at radius 2 is 1.80 bits per heavy atom. The van der Waals surface area contributed by atoms with Crippen molar-refractivity contribution in [1.82, 2.24) is 4.31 Å². The number of nitrogens with zero attached hydrogens (tertiary/aromatic N) is 1. The molecule has 0 amide bonds. The van der Waals surface area contributed by atoms with Crippen molar-refractivity contribution in [2.75, 3.05) is 5.73 Å². The van der Waals surface area contributed by atoms with Gasteiger partial charge < -0.3 is 5.73 Å². The van der Waals surface area contributed by atoms with Gasteiger partial charge in [-0.25, -0.2) is 8.42 Å². The summed E-state index contributed by atoms with van der Waals surface area (Å²) in [6.07, 6.45) is 2.85. The van der Waals surface area contributed by atoms with Crippen molar-refractivity contribution in [1.29, 1.82) is 0 Å². The second-order valence-electron chi connectivity index (χ2n) is 5.60. The lowest BCUT2D eigenvalue weighted by atomic mass is 10.0. The smallest absolute Gasteiger partial charge is 0.243 e. The number of halogens is 1. The quantitative estimate of drug-likeness (QED) is 0.852. The molecule has 2 atom stereocenters. The number of piperidine rings is 1. The third-order valence-electron chi connectivity index (χ3n) is 3.96. The molecule has 112 valence electrons. The lowest BCUT2D eigenvalue weighted by Crippen LogP contribution is -2.47. The van der Waals surface area contributed by atoms with Crippen molar-refractivity contribution in [3.63, 3.8) is 0 Å². The normalized spacial score (nSPS) is 24.8. The van der Waals surface area contributed by atoms with Crippen LogP contribution in [0, 0.1) is 6.92 Å². The first-order valence-corrected chi connectivity index (χ1v) is 8.66. The summed E-state index contributed by atoms with van der Waals surface area (Å²) in [5.41, 5.74) is 6.70. The van der Waals surface area contributed by atoms with Crippen LogP contribution in [0.15, 0.2) is 17.0 Å². The van der Waals surface area contributed by atoms with Gasteiger partial charge in [-0.15, -0.1) is 0 Å². The topological polar surface area (TPSA) is 63.4 Å². The summed E-state index contributed by atoms with van der Waals surface area (Å²) < 4.78 is 27.5. The highest BCUT2D eigenvalue weighted by molar-refractivity contribution is 7.89. The molecule has 0 saturated carbocycles. The largest absolute Gasteiger partial charge is 0.397 e. The minimum absolute atomic E-state index is 0.0139. The third kappa shape index (κ3) is 2.67. The molecule has 1 aliphatic rings. The highest BCUT2D eigenvalue weighted by Gasteiger charge is 2.36. The summed E-state index contributed by atoms with van der Waals surface area (Å²) >= 11 is 5.95. The second-order valence-corrected chi connectivity index (χ2v) is 7.82. The van der Waals surface area contributed by atoms with Crippen molar-refractivity contribution in [3.8, 4) is 0 Å². The fourth-order valence-corrected chi connectivity index (χ4v) is 5.28. The molecule has 1 fully saturated rings. The summed E-state index contributed by atoms with van der Waals surface area (Å²) in [5.74, 6) is 0. The van der Waals surface area contributed by atoms with E-state index in [4.69, 9.17) is 17.3 Å². The van der Waals surface area contributed by atoms with Crippen LogP contribution in [0.4, 0.5) is 5.69 Å². The molecule has 0 aromatic heterocycles. The van der Waals surface area contributed by atoms with Gasteiger partial charge in [-0.2, -0.15) is 4.31 Å². The summed E-state index contributed by atoms with van der Waals surface area (Å²) in [6.45, 7) is 5.67. The van der Waals surface area contributed by atoms with Crippen molar-refractivity contribution in [2.45, 2.75) is 57.0 Å². The highest BCUT2D eigenvalue weighted by atomic mass is 35.5. The zero-order chi connectivity index (χ0) is 15.1.